The molecule has 2 aliphatic heterocycles. The fraction of sp³-hybridized carbons (Fsp3) is 0.577. The van der Waals surface area contributed by atoms with Gasteiger partial charge in [0.1, 0.15) is 17.5 Å². The van der Waals surface area contributed by atoms with Crippen molar-refractivity contribution in [1.29, 1.82) is 0 Å². The zero-order valence-electron chi connectivity index (χ0n) is 19.2. The number of piperidine rings is 1. The van der Waals surface area contributed by atoms with E-state index in [2.05, 4.69) is 11.8 Å². The van der Waals surface area contributed by atoms with Crippen LogP contribution in [0.15, 0.2) is 12.1 Å². The maximum atomic E-state index is 13.3. The molecule has 0 N–H and O–H groups in total. The molecule has 1 aromatic carbocycles. The molecule has 1 spiro atoms. The highest BCUT2D eigenvalue weighted by molar-refractivity contribution is 6.10. The second-order valence-corrected chi connectivity index (χ2v) is 9.38. The van der Waals surface area contributed by atoms with Gasteiger partial charge in [-0.15, -0.1) is 5.92 Å². The monoisotopic (exact) mass is 437 g/mol. The predicted octanol–water partition coefficient (Wildman–Crippen LogP) is 2.71. The van der Waals surface area contributed by atoms with Gasteiger partial charge in [-0.05, 0) is 67.9 Å². The van der Waals surface area contributed by atoms with E-state index in [-0.39, 0.29) is 22.9 Å². The van der Waals surface area contributed by atoms with Crippen molar-refractivity contribution in [2.75, 3.05) is 32.9 Å². The van der Waals surface area contributed by atoms with Crippen LogP contribution in [0.3, 0.4) is 0 Å². The molecule has 0 aromatic heterocycles. The fourth-order valence-electron chi connectivity index (χ4n) is 5.54. The third-order valence-corrected chi connectivity index (χ3v) is 7.12. The number of hydrogen-bond acceptors (Lipinski definition) is 5. The molecule has 4 rings (SSSR count). The second kappa shape index (κ2) is 9.17. The van der Waals surface area contributed by atoms with Gasteiger partial charge in [0.2, 0.25) is 0 Å². The molecule has 6 heteroatoms. The summed E-state index contributed by atoms with van der Waals surface area (Å²) < 4.78 is 10.9. The Morgan fingerprint density at radius 2 is 1.69 bits per heavy atom. The van der Waals surface area contributed by atoms with Crippen LogP contribution in [-0.4, -0.2) is 61.4 Å². The van der Waals surface area contributed by atoms with Crippen molar-refractivity contribution in [2.24, 2.45) is 5.41 Å². The van der Waals surface area contributed by atoms with E-state index < -0.39 is 12.0 Å². The van der Waals surface area contributed by atoms with E-state index in [0.29, 0.717) is 58.6 Å². The molecule has 3 fully saturated rings. The van der Waals surface area contributed by atoms with E-state index in [1.54, 1.807) is 11.8 Å². The second-order valence-electron chi connectivity index (χ2n) is 9.38. The van der Waals surface area contributed by atoms with Crippen molar-refractivity contribution >= 4 is 17.5 Å². The molecule has 6 nitrogen and oxygen atoms in total. The SMILES string of the molecule is CC#Cc1cc(C)c(C2C(=O)CC3(CCN(C(=O)[C@H]4COCCO4)CC3)CC2=O)c(C)c1. The standard InChI is InChI=1S/C26H31NO5/c1-4-5-19-12-17(2)23(18(3)13-19)24-20(28)14-26(15-21(24)29)6-8-27(9-7-26)25(30)22-16-31-10-11-32-22/h12-13,22,24H,6-11,14-16H2,1-3H3/t22-/m1/s1. The summed E-state index contributed by atoms with van der Waals surface area (Å²) in [6.07, 6.45) is 1.58. The van der Waals surface area contributed by atoms with E-state index in [9.17, 15) is 14.4 Å². The minimum Gasteiger partial charge on any atom is -0.376 e. The van der Waals surface area contributed by atoms with Crippen LogP contribution in [0.25, 0.3) is 0 Å². The summed E-state index contributed by atoms with van der Waals surface area (Å²) in [5.41, 5.74) is 3.31. The average Bonchev–Trinajstić information content (AvgIpc) is 2.76. The maximum Gasteiger partial charge on any atom is 0.254 e. The Labute approximate surface area is 189 Å². The highest BCUT2D eigenvalue weighted by Gasteiger charge is 2.48. The molecule has 1 aliphatic carbocycles. The number of hydrogen-bond donors (Lipinski definition) is 0. The van der Waals surface area contributed by atoms with Crippen molar-refractivity contribution in [3.63, 3.8) is 0 Å². The van der Waals surface area contributed by atoms with Gasteiger partial charge in [-0.3, -0.25) is 14.4 Å². The van der Waals surface area contributed by atoms with Crippen LogP contribution in [-0.2, 0) is 23.9 Å². The van der Waals surface area contributed by atoms with Crippen LogP contribution in [0.2, 0.25) is 0 Å². The summed E-state index contributed by atoms with van der Waals surface area (Å²) in [6.45, 7) is 8.04. The molecule has 3 aliphatic rings. The van der Waals surface area contributed by atoms with Crippen LogP contribution >= 0.6 is 0 Å². The lowest BCUT2D eigenvalue weighted by atomic mass is 9.62. The van der Waals surface area contributed by atoms with Gasteiger partial charge in [-0.25, -0.2) is 0 Å². The Bertz CT molecular complexity index is 944. The number of carbonyl (C=O) groups is 3. The Morgan fingerprint density at radius 3 is 2.22 bits per heavy atom. The molecule has 1 saturated carbocycles. The molecule has 1 atom stereocenters. The predicted molar refractivity (Wildman–Crippen MR) is 119 cm³/mol. The van der Waals surface area contributed by atoms with Crippen LogP contribution in [0, 0.1) is 31.1 Å². The molecule has 1 aromatic rings. The van der Waals surface area contributed by atoms with Crippen LogP contribution in [0.1, 0.15) is 60.8 Å². The third-order valence-electron chi connectivity index (χ3n) is 7.12. The van der Waals surface area contributed by atoms with Crippen LogP contribution in [0.5, 0.6) is 0 Å². The molecule has 2 heterocycles. The van der Waals surface area contributed by atoms with Gasteiger partial charge in [0, 0.05) is 31.5 Å². The molecule has 2 saturated heterocycles. The summed E-state index contributed by atoms with van der Waals surface area (Å²) in [5, 5.41) is 0. The number of likely N-dealkylation sites (tertiary alicyclic amines) is 1. The number of ketones is 2. The molecule has 32 heavy (non-hydrogen) atoms. The van der Waals surface area contributed by atoms with Gasteiger partial charge >= 0.3 is 0 Å². The number of rotatable bonds is 2. The normalized spacial score (nSPS) is 23.7. The molecule has 0 bridgehead atoms. The van der Waals surface area contributed by atoms with Gasteiger partial charge in [0.25, 0.3) is 5.91 Å². The molecule has 0 unspecified atom stereocenters. The molecular formula is C26H31NO5. The average molecular weight is 438 g/mol. The Morgan fingerprint density at radius 1 is 1.06 bits per heavy atom. The van der Waals surface area contributed by atoms with E-state index >= 15 is 0 Å². The summed E-state index contributed by atoms with van der Waals surface area (Å²) in [6, 6.07) is 3.93. The summed E-state index contributed by atoms with van der Waals surface area (Å²) in [7, 11) is 0. The van der Waals surface area contributed by atoms with Gasteiger partial charge in [-0.2, -0.15) is 0 Å². The van der Waals surface area contributed by atoms with Crippen molar-refractivity contribution < 1.29 is 23.9 Å². The van der Waals surface area contributed by atoms with Gasteiger partial charge in [0.15, 0.2) is 6.10 Å². The lowest BCUT2D eigenvalue weighted by Gasteiger charge is -2.45. The van der Waals surface area contributed by atoms with Crippen molar-refractivity contribution in [2.45, 2.75) is 58.5 Å². The highest BCUT2D eigenvalue weighted by Crippen LogP contribution is 2.46. The first-order chi connectivity index (χ1) is 15.3. The zero-order valence-corrected chi connectivity index (χ0v) is 19.2. The van der Waals surface area contributed by atoms with Crippen molar-refractivity contribution in [3.8, 4) is 11.8 Å². The summed E-state index contributed by atoms with van der Waals surface area (Å²) >= 11 is 0. The molecule has 170 valence electrons. The fourth-order valence-corrected chi connectivity index (χ4v) is 5.54. The third kappa shape index (κ3) is 4.37. The summed E-state index contributed by atoms with van der Waals surface area (Å²) in [4.78, 5) is 41.1. The Balaban J connectivity index is 1.46. The summed E-state index contributed by atoms with van der Waals surface area (Å²) in [5.74, 6) is 5.23. The van der Waals surface area contributed by atoms with Crippen molar-refractivity contribution in [1.82, 2.24) is 4.90 Å². The molecule has 0 radical (unpaired) electrons. The molecule has 1 amide bonds. The maximum absolute atomic E-state index is 13.3. The Kier molecular flexibility index (Phi) is 6.50. The largest absolute Gasteiger partial charge is 0.376 e. The number of aryl methyl sites for hydroxylation is 2. The van der Waals surface area contributed by atoms with Crippen LogP contribution in [0.4, 0.5) is 0 Å². The molecular weight excluding hydrogens is 406 g/mol. The smallest absolute Gasteiger partial charge is 0.254 e. The minimum atomic E-state index is -0.684. The number of amides is 1. The number of carbonyl (C=O) groups excluding carboxylic acids is 3. The van der Waals surface area contributed by atoms with Gasteiger partial charge < -0.3 is 14.4 Å². The quantitative estimate of drug-likeness (QED) is 0.526. The number of Topliss-reactive ketones (excluding diaryl/α,β-unsaturated/α-hetero) is 2. The first kappa shape index (κ1) is 22.7. The van der Waals surface area contributed by atoms with Crippen LogP contribution < -0.4 is 0 Å². The van der Waals surface area contributed by atoms with E-state index in [1.165, 1.54) is 0 Å². The van der Waals surface area contributed by atoms with Gasteiger partial charge in [-0.1, -0.05) is 5.92 Å². The topological polar surface area (TPSA) is 72.9 Å². The first-order valence-electron chi connectivity index (χ1n) is 11.4. The highest BCUT2D eigenvalue weighted by atomic mass is 16.6. The number of ether oxygens (including phenoxy) is 2. The number of nitrogens with zero attached hydrogens (tertiary/aromatic N) is 1. The van der Waals surface area contributed by atoms with Crippen molar-refractivity contribution in [3.05, 3.63) is 34.4 Å². The van der Waals surface area contributed by atoms with E-state index in [1.807, 2.05) is 26.0 Å². The first-order valence-corrected chi connectivity index (χ1v) is 11.4. The van der Waals surface area contributed by atoms with E-state index in [4.69, 9.17) is 9.47 Å². The van der Waals surface area contributed by atoms with Gasteiger partial charge in [0.05, 0.1) is 19.8 Å². The lowest BCUT2D eigenvalue weighted by Crippen LogP contribution is -2.52. The minimum absolute atomic E-state index is 0.00515. The Hall–Kier alpha value is -2.49. The lowest BCUT2D eigenvalue weighted by molar-refractivity contribution is -0.160. The zero-order chi connectivity index (χ0) is 22.9. The van der Waals surface area contributed by atoms with E-state index in [0.717, 1.165) is 22.3 Å². The number of benzene rings is 1.